The summed E-state index contributed by atoms with van der Waals surface area (Å²) in [6.07, 6.45) is 74.1. The molecule has 9 heteroatoms. The number of nitrogens with zero attached hydrogens (tertiary/aromatic N) is 1. The van der Waals surface area contributed by atoms with Crippen molar-refractivity contribution in [3.05, 3.63) is 122 Å². The molecule has 0 radical (unpaired) electrons. The summed E-state index contributed by atoms with van der Waals surface area (Å²) < 4.78 is 23.3. The van der Waals surface area contributed by atoms with E-state index in [0.717, 1.165) is 103 Å². The molecule has 1 amide bonds. The summed E-state index contributed by atoms with van der Waals surface area (Å²) in [4.78, 5) is 25.4. The number of phosphoric acid groups is 1. The van der Waals surface area contributed by atoms with Gasteiger partial charge < -0.3 is 28.8 Å². The molecule has 0 saturated heterocycles. The van der Waals surface area contributed by atoms with E-state index in [1.165, 1.54) is 77.0 Å². The van der Waals surface area contributed by atoms with Crippen molar-refractivity contribution in [3.8, 4) is 0 Å². The van der Waals surface area contributed by atoms with Crippen molar-refractivity contribution in [1.82, 2.24) is 5.32 Å². The minimum absolute atomic E-state index is 0.0145. The minimum atomic E-state index is -4.61. The zero-order valence-corrected chi connectivity index (χ0v) is 45.6. The third kappa shape index (κ3) is 52.6. The number of likely N-dealkylation sites (N-methyl/N-ethyl adjacent to an activating group) is 1. The van der Waals surface area contributed by atoms with Crippen molar-refractivity contribution in [2.45, 2.75) is 212 Å². The maximum Gasteiger partial charge on any atom is 0.268 e. The van der Waals surface area contributed by atoms with E-state index in [1.807, 2.05) is 27.2 Å². The molecular weight excluding hydrogens is 876 g/mol. The number of unbranched alkanes of at least 4 members (excludes halogenated alkanes) is 17. The summed E-state index contributed by atoms with van der Waals surface area (Å²) >= 11 is 0. The summed E-state index contributed by atoms with van der Waals surface area (Å²) in [5, 5.41) is 13.8. The highest BCUT2D eigenvalue weighted by atomic mass is 31.2. The lowest BCUT2D eigenvalue weighted by Crippen LogP contribution is -2.45. The number of allylic oxidation sites excluding steroid dienone is 19. The Bertz CT molecular complexity index is 1530. The number of hydrogen-bond acceptors (Lipinski definition) is 6. The first-order chi connectivity index (χ1) is 33.5. The molecule has 0 aliphatic heterocycles. The molecule has 0 heterocycles. The van der Waals surface area contributed by atoms with Crippen LogP contribution in [0.2, 0.25) is 0 Å². The molecule has 0 bridgehead atoms. The average Bonchev–Trinajstić information content (AvgIpc) is 3.31. The maximum absolute atomic E-state index is 12.9. The van der Waals surface area contributed by atoms with Gasteiger partial charge in [-0.25, -0.2) is 0 Å². The first kappa shape index (κ1) is 65.9. The molecule has 394 valence electrons. The van der Waals surface area contributed by atoms with Crippen LogP contribution in [-0.4, -0.2) is 68.5 Å². The number of aliphatic hydroxyl groups excluding tert-OH is 1. The molecule has 0 aromatic rings. The van der Waals surface area contributed by atoms with E-state index in [4.69, 9.17) is 9.05 Å². The van der Waals surface area contributed by atoms with Crippen LogP contribution >= 0.6 is 7.82 Å². The molecule has 0 aromatic carbocycles. The van der Waals surface area contributed by atoms with E-state index in [1.54, 1.807) is 6.08 Å². The van der Waals surface area contributed by atoms with Gasteiger partial charge in [-0.3, -0.25) is 9.36 Å². The highest BCUT2D eigenvalue weighted by Crippen LogP contribution is 2.38. The summed E-state index contributed by atoms with van der Waals surface area (Å²) in [6.45, 7) is 4.48. The Labute approximate surface area is 424 Å². The Morgan fingerprint density at radius 1 is 0.522 bits per heavy atom. The van der Waals surface area contributed by atoms with Crippen LogP contribution in [0.25, 0.3) is 0 Å². The second kappa shape index (κ2) is 49.9. The highest BCUT2D eigenvalue weighted by Gasteiger charge is 2.23. The van der Waals surface area contributed by atoms with E-state index in [-0.39, 0.29) is 12.5 Å². The van der Waals surface area contributed by atoms with Gasteiger partial charge in [-0.1, -0.05) is 219 Å². The van der Waals surface area contributed by atoms with E-state index in [0.29, 0.717) is 17.4 Å². The van der Waals surface area contributed by atoms with E-state index >= 15 is 0 Å². The number of amides is 1. The quantitative estimate of drug-likeness (QED) is 0.0272. The normalized spacial score (nSPS) is 14.9. The topological polar surface area (TPSA) is 108 Å². The smallest absolute Gasteiger partial charge is 0.268 e. The van der Waals surface area contributed by atoms with Crippen molar-refractivity contribution >= 4 is 13.7 Å². The van der Waals surface area contributed by atoms with Gasteiger partial charge in [0.15, 0.2) is 0 Å². The Balaban J connectivity index is 4.24. The predicted octanol–water partition coefficient (Wildman–Crippen LogP) is 16.0. The van der Waals surface area contributed by atoms with Gasteiger partial charge in [0, 0.05) is 6.42 Å². The fourth-order valence-electron chi connectivity index (χ4n) is 7.12. The van der Waals surface area contributed by atoms with Gasteiger partial charge >= 0.3 is 0 Å². The maximum atomic E-state index is 12.9. The molecule has 0 aliphatic carbocycles. The predicted molar refractivity (Wildman–Crippen MR) is 297 cm³/mol. The molecular formula is C60H103N2O6P. The number of hydrogen-bond donors (Lipinski definition) is 2. The van der Waals surface area contributed by atoms with Crippen LogP contribution in [0.4, 0.5) is 0 Å². The molecule has 0 fully saturated rings. The van der Waals surface area contributed by atoms with Crippen molar-refractivity contribution in [1.29, 1.82) is 0 Å². The fraction of sp³-hybridized carbons (Fsp3) is 0.650. The number of rotatable bonds is 48. The van der Waals surface area contributed by atoms with Gasteiger partial charge in [0.2, 0.25) is 5.91 Å². The minimum Gasteiger partial charge on any atom is -0.756 e. The van der Waals surface area contributed by atoms with Crippen LogP contribution in [-0.2, 0) is 18.4 Å². The Morgan fingerprint density at radius 3 is 1.35 bits per heavy atom. The standard InChI is InChI=1S/C60H103N2O6P/c1-6-8-10-12-14-16-18-20-22-23-24-25-26-27-28-29-30-31-32-33-34-35-36-37-38-39-40-42-44-46-48-50-52-54-60(64)61-58(57-68-69(65,66)67-56-55-62(3,4)5)59(63)53-51-49-47-45-43-41-21-19-17-15-13-11-9-7-2/h8,10,14,16,20,22,24-25,27-28,30-31,33-34,36-37,43,45,51,53,58-59,63H,6-7,9,11-13,15,17-19,21,23,26,29,32,35,38-42,44,46-50,52,54-57H2,1-5H3,(H-,61,64,65,66)/b10-8-,16-14-,22-20-,25-24-,28-27-,31-30-,34-33-,37-36-,45-43+,53-51+. The van der Waals surface area contributed by atoms with Crippen LogP contribution in [0.15, 0.2) is 122 Å². The molecule has 0 aliphatic rings. The van der Waals surface area contributed by atoms with Crippen LogP contribution < -0.4 is 10.2 Å². The lowest BCUT2D eigenvalue weighted by molar-refractivity contribution is -0.870. The van der Waals surface area contributed by atoms with E-state index in [9.17, 15) is 19.4 Å². The third-order valence-corrected chi connectivity index (χ3v) is 12.4. The molecule has 3 atom stereocenters. The average molecular weight is 979 g/mol. The summed E-state index contributed by atoms with van der Waals surface area (Å²) in [5.41, 5.74) is 0. The summed E-state index contributed by atoms with van der Waals surface area (Å²) in [6, 6.07) is -0.916. The van der Waals surface area contributed by atoms with Crippen molar-refractivity contribution < 1.29 is 32.9 Å². The SMILES string of the molecule is CC/C=C\C/C=C\C/C=C\C/C=C\C/C=C\C/C=C\C/C=C\C/C=C\CCCCCCCCCCC(=O)NC(COP(=O)([O-])OCC[N+](C)(C)C)C(O)/C=C/CC/C=C/CCCCCCCCCC. The van der Waals surface area contributed by atoms with Crippen LogP contribution in [0.5, 0.6) is 0 Å². The lowest BCUT2D eigenvalue weighted by Gasteiger charge is -2.29. The Kier molecular flexibility index (Phi) is 47.6. The molecule has 0 rings (SSSR count). The zero-order valence-electron chi connectivity index (χ0n) is 44.7. The Hall–Kier alpha value is -3.10. The molecule has 0 aromatic heterocycles. The third-order valence-electron chi connectivity index (χ3n) is 11.4. The second-order valence-electron chi connectivity index (χ2n) is 19.2. The van der Waals surface area contributed by atoms with Gasteiger partial charge in [-0.15, -0.1) is 0 Å². The lowest BCUT2D eigenvalue weighted by atomic mass is 10.1. The molecule has 8 nitrogen and oxygen atoms in total. The molecule has 2 N–H and O–H groups in total. The van der Waals surface area contributed by atoms with Gasteiger partial charge in [0.05, 0.1) is 39.9 Å². The van der Waals surface area contributed by atoms with Gasteiger partial charge in [0.1, 0.15) is 13.2 Å². The molecule has 3 unspecified atom stereocenters. The number of aliphatic hydroxyl groups is 1. The number of carbonyl (C=O) groups is 1. The fourth-order valence-corrected chi connectivity index (χ4v) is 7.85. The number of carbonyl (C=O) groups excluding carboxylic acids is 1. The molecule has 69 heavy (non-hydrogen) atoms. The van der Waals surface area contributed by atoms with Gasteiger partial charge in [0.25, 0.3) is 7.82 Å². The van der Waals surface area contributed by atoms with Gasteiger partial charge in [-0.2, -0.15) is 0 Å². The van der Waals surface area contributed by atoms with E-state index < -0.39 is 26.6 Å². The van der Waals surface area contributed by atoms with Crippen LogP contribution in [0.1, 0.15) is 200 Å². The number of phosphoric ester groups is 1. The van der Waals surface area contributed by atoms with Gasteiger partial charge in [-0.05, 0) is 96.3 Å². The first-order valence-electron chi connectivity index (χ1n) is 27.4. The van der Waals surface area contributed by atoms with E-state index in [2.05, 4.69) is 129 Å². The van der Waals surface area contributed by atoms with Crippen molar-refractivity contribution in [3.63, 3.8) is 0 Å². The Morgan fingerprint density at radius 2 is 0.899 bits per heavy atom. The molecule has 0 spiro atoms. The van der Waals surface area contributed by atoms with Crippen molar-refractivity contribution in [2.75, 3.05) is 40.9 Å². The van der Waals surface area contributed by atoms with Crippen molar-refractivity contribution in [2.24, 2.45) is 0 Å². The number of nitrogens with one attached hydrogen (secondary N) is 1. The summed E-state index contributed by atoms with van der Waals surface area (Å²) in [7, 11) is 1.22. The molecule has 0 saturated carbocycles. The largest absolute Gasteiger partial charge is 0.756 e. The first-order valence-corrected chi connectivity index (χ1v) is 28.9. The highest BCUT2D eigenvalue weighted by molar-refractivity contribution is 7.45. The van der Waals surface area contributed by atoms with Crippen LogP contribution in [0.3, 0.4) is 0 Å². The summed E-state index contributed by atoms with van der Waals surface area (Å²) in [5.74, 6) is -0.222. The second-order valence-corrected chi connectivity index (χ2v) is 20.6. The zero-order chi connectivity index (χ0) is 50.6. The monoisotopic (exact) mass is 979 g/mol. The number of quaternary nitrogens is 1. The van der Waals surface area contributed by atoms with Crippen LogP contribution in [0, 0.1) is 0 Å².